The number of rotatable bonds is 0. The second-order valence-electron chi connectivity index (χ2n) is 3.40. The van der Waals surface area contributed by atoms with Crippen LogP contribution in [0, 0.1) is 0 Å². The van der Waals surface area contributed by atoms with Crippen molar-refractivity contribution in [2.75, 3.05) is 0 Å². The topological polar surface area (TPSA) is 0 Å². The zero-order valence-electron chi connectivity index (χ0n) is 6.43. The fourth-order valence-electron chi connectivity index (χ4n) is 2.27. The van der Waals surface area contributed by atoms with Crippen LogP contribution in [0.2, 0.25) is 0 Å². The zero-order chi connectivity index (χ0) is 7.26. The fourth-order valence-corrected chi connectivity index (χ4v) is 2.27. The first-order valence-corrected chi connectivity index (χ1v) is 4.22. The van der Waals surface area contributed by atoms with E-state index in [0.29, 0.717) is 0 Å². The molecule has 3 rings (SSSR count). The molecular formula is C11H10. The minimum atomic E-state index is 1.19. The Morgan fingerprint density at radius 2 is 1.36 bits per heavy atom. The lowest BCUT2D eigenvalue weighted by atomic mass is 10.1. The summed E-state index contributed by atoms with van der Waals surface area (Å²) in [7, 11) is 0. The van der Waals surface area contributed by atoms with Crippen LogP contribution in [0.3, 0.4) is 0 Å². The summed E-state index contributed by atoms with van der Waals surface area (Å²) >= 11 is 0. The van der Waals surface area contributed by atoms with Crippen molar-refractivity contribution < 1.29 is 0 Å². The molecule has 0 fully saturated rings. The van der Waals surface area contributed by atoms with Gasteiger partial charge in [0, 0.05) is 0 Å². The first kappa shape index (κ1) is 5.59. The van der Waals surface area contributed by atoms with Gasteiger partial charge in [-0.1, -0.05) is 24.3 Å². The number of allylic oxidation sites excluding steroid dienone is 8. The van der Waals surface area contributed by atoms with E-state index in [4.69, 9.17) is 0 Å². The van der Waals surface area contributed by atoms with E-state index < -0.39 is 0 Å². The molecule has 3 aliphatic rings. The molecule has 0 heteroatoms. The van der Waals surface area contributed by atoms with Crippen molar-refractivity contribution >= 4 is 0 Å². The highest BCUT2D eigenvalue weighted by Gasteiger charge is 2.24. The Balaban J connectivity index is 2.09. The van der Waals surface area contributed by atoms with Gasteiger partial charge in [0.2, 0.25) is 0 Å². The molecule has 11 heavy (non-hydrogen) atoms. The summed E-state index contributed by atoms with van der Waals surface area (Å²) < 4.78 is 0. The maximum Gasteiger partial charge on any atom is -0.00201 e. The molecule has 0 atom stereocenters. The number of hydrogen-bond acceptors (Lipinski definition) is 0. The van der Waals surface area contributed by atoms with Crippen molar-refractivity contribution in [1.82, 2.24) is 0 Å². The van der Waals surface area contributed by atoms with E-state index in [0.717, 1.165) is 0 Å². The average Bonchev–Trinajstić information content (AvgIpc) is 2.52. The lowest BCUT2D eigenvalue weighted by Gasteiger charge is -1.99. The standard InChI is InChI=1S/C11H10/c1-3-8-7-9-4-2-6-11(9)10(8)5-1/h1-4H,5-7H2. The van der Waals surface area contributed by atoms with Crippen molar-refractivity contribution in [2.45, 2.75) is 19.3 Å². The predicted molar refractivity (Wildman–Crippen MR) is 46.2 cm³/mol. The van der Waals surface area contributed by atoms with Crippen molar-refractivity contribution in [3.63, 3.8) is 0 Å². The predicted octanol–water partition coefficient (Wildman–Crippen LogP) is 2.90. The van der Waals surface area contributed by atoms with Gasteiger partial charge in [0.15, 0.2) is 0 Å². The van der Waals surface area contributed by atoms with Crippen LogP contribution in [-0.4, -0.2) is 0 Å². The van der Waals surface area contributed by atoms with Gasteiger partial charge in [-0.15, -0.1) is 0 Å². The molecule has 0 aromatic carbocycles. The third-order valence-corrected chi connectivity index (χ3v) is 2.80. The summed E-state index contributed by atoms with van der Waals surface area (Å²) in [6.07, 6.45) is 12.7. The molecular weight excluding hydrogens is 132 g/mol. The maximum absolute atomic E-state index is 2.29. The molecule has 0 aromatic rings. The van der Waals surface area contributed by atoms with Gasteiger partial charge in [-0.2, -0.15) is 0 Å². The van der Waals surface area contributed by atoms with Crippen molar-refractivity contribution in [2.24, 2.45) is 0 Å². The Morgan fingerprint density at radius 3 is 1.91 bits per heavy atom. The fraction of sp³-hybridized carbons (Fsp3) is 0.273. The van der Waals surface area contributed by atoms with Crippen LogP contribution in [0.5, 0.6) is 0 Å². The highest BCUT2D eigenvalue weighted by Crippen LogP contribution is 2.43. The van der Waals surface area contributed by atoms with E-state index in [-0.39, 0.29) is 0 Å². The number of hydrogen-bond donors (Lipinski definition) is 0. The molecule has 3 aliphatic carbocycles. The second kappa shape index (κ2) is 1.76. The minimum absolute atomic E-state index is 1.19. The van der Waals surface area contributed by atoms with E-state index in [2.05, 4.69) is 24.3 Å². The Bertz CT molecular complexity index is 301. The minimum Gasteiger partial charge on any atom is -0.0798 e. The summed E-state index contributed by atoms with van der Waals surface area (Å²) in [5.41, 5.74) is 6.42. The van der Waals surface area contributed by atoms with Crippen molar-refractivity contribution in [3.05, 3.63) is 46.6 Å². The van der Waals surface area contributed by atoms with Crippen LogP contribution in [0.15, 0.2) is 46.6 Å². The smallest absolute Gasteiger partial charge is 0.00201 e. The Labute approximate surface area is 66.6 Å². The lowest BCUT2D eigenvalue weighted by molar-refractivity contribution is 1.18. The average molecular weight is 142 g/mol. The summed E-state index contributed by atoms with van der Waals surface area (Å²) in [6, 6.07) is 0. The van der Waals surface area contributed by atoms with Crippen molar-refractivity contribution in [1.29, 1.82) is 0 Å². The molecule has 0 N–H and O–H groups in total. The molecule has 0 aliphatic heterocycles. The quantitative estimate of drug-likeness (QED) is 0.488. The molecule has 0 amide bonds. The highest BCUT2D eigenvalue weighted by atomic mass is 14.3. The van der Waals surface area contributed by atoms with Crippen LogP contribution < -0.4 is 0 Å². The van der Waals surface area contributed by atoms with E-state index in [1.807, 2.05) is 0 Å². The molecule has 0 saturated heterocycles. The van der Waals surface area contributed by atoms with Crippen LogP contribution in [0.4, 0.5) is 0 Å². The second-order valence-corrected chi connectivity index (χ2v) is 3.40. The van der Waals surface area contributed by atoms with E-state index in [1.165, 1.54) is 19.3 Å². The van der Waals surface area contributed by atoms with Crippen LogP contribution in [0.25, 0.3) is 0 Å². The summed E-state index contributed by atoms with van der Waals surface area (Å²) in [5, 5.41) is 0. The van der Waals surface area contributed by atoms with Crippen LogP contribution in [-0.2, 0) is 0 Å². The van der Waals surface area contributed by atoms with Crippen LogP contribution in [0.1, 0.15) is 19.3 Å². The maximum atomic E-state index is 2.29. The molecule has 0 nitrogen and oxygen atoms in total. The van der Waals surface area contributed by atoms with E-state index in [1.54, 1.807) is 22.3 Å². The third kappa shape index (κ3) is 0.597. The Morgan fingerprint density at radius 1 is 0.818 bits per heavy atom. The first-order chi connectivity index (χ1) is 5.45. The van der Waals surface area contributed by atoms with Gasteiger partial charge >= 0.3 is 0 Å². The summed E-state index contributed by atoms with van der Waals surface area (Å²) in [4.78, 5) is 0. The van der Waals surface area contributed by atoms with Gasteiger partial charge in [0.05, 0.1) is 0 Å². The van der Waals surface area contributed by atoms with E-state index >= 15 is 0 Å². The van der Waals surface area contributed by atoms with Gasteiger partial charge in [0.1, 0.15) is 0 Å². The SMILES string of the molecule is C1=CC2=C(C1)C1=C(C=CC1)C2. The molecule has 0 radical (unpaired) electrons. The van der Waals surface area contributed by atoms with Gasteiger partial charge in [-0.05, 0) is 41.6 Å². The summed E-state index contributed by atoms with van der Waals surface area (Å²) in [6.45, 7) is 0. The molecule has 0 saturated carbocycles. The summed E-state index contributed by atoms with van der Waals surface area (Å²) in [5.74, 6) is 0. The number of fused-ring (bicyclic) bond motifs is 1. The lowest BCUT2D eigenvalue weighted by Crippen LogP contribution is -1.80. The molecule has 0 bridgehead atoms. The normalized spacial score (nSPS) is 25.5. The molecule has 0 heterocycles. The van der Waals surface area contributed by atoms with E-state index in [9.17, 15) is 0 Å². The van der Waals surface area contributed by atoms with Gasteiger partial charge < -0.3 is 0 Å². The van der Waals surface area contributed by atoms with Crippen molar-refractivity contribution in [3.8, 4) is 0 Å². The largest absolute Gasteiger partial charge is 0.0798 e. The monoisotopic (exact) mass is 142 g/mol. The van der Waals surface area contributed by atoms with Gasteiger partial charge in [0.25, 0.3) is 0 Å². The van der Waals surface area contributed by atoms with Crippen LogP contribution >= 0.6 is 0 Å². The molecule has 0 spiro atoms. The molecule has 0 unspecified atom stereocenters. The van der Waals surface area contributed by atoms with Gasteiger partial charge in [-0.25, -0.2) is 0 Å². The Kier molecular flexibility index (Phi) is 0.894. The first-order valence-electron chi connectivity index (χ1n) is 4.22. The molecule has 0 aromatic heterocycles. The molecule has 54 valence electrons. The van der Waals surface area contributed by atoms with Gasteiger partial charge in [-0.3, -0.25) is 0 Å². The zero-order valence-corrected chi connectivity index (χ0v) is 6.43. The highest BCUT2D eigenvalue weighted by molar-refractivity contribution is 5.60. The third-order valence-electron chi connectivity index (χ3n) is 2.80. The Hall–Kier alpha value is -1.04.